The Bertz CT molecular complexity index is 875. The molecule has 0 aliphatic heterocycles. The van der Waals surface area contributed by atoms with Crippen molar-refractivity contribution in [2.45, 2.75) is 13.5 Å². The number of esters is 1. The molecule has 5 nitrogen and oxygen atoms in total. The number of nitrogens with zero attached hydrogens (tertiary/aromatic N) is 1. The van der Waals surface area contributed by atoms with Crippen LogP contribution in [0, 0.1) is 0 Å². The van der Waals surface area contributed by atoms with Gasteiger partial charge in [-0.25, -0.2) is 4.79 Å². The van der Waals surface area contributed by atoms with Crippen LogP contribution >= 0.6 is 0 Å². The second-order valence-corrected chi connectivity index (χ2v) is 5.44. The Morgan fingerprint density at radius 2 is 1.80 bits per heavy atom. The molecular formula is C20H19NO4. The lowest BCUT2D eigenvalue weighted by molar-refractivity contribution is 0.0526. The van der Waals surface area contributed by atoms with Gasteiger partial charge in [-0.3, -0.25) is 4.98 Å². The summed E-state index contributed by atoms with van der Waals surface area (Å²) >= 11 is 0. The lowest BCUT2D eigenvalue weighted by Gasteiger charge is -2.08. The number of pyridine rings is 1. The molecule has 0 fully saturated rings. The summed E-state index contributed by atoms with van der Waals surface area (Å²) in [6, 6.07) is 15.1. The van der Waals surface area contributed by atoms with Gasteiger partial charge in [-0.2, -0.15) is 0 Å². The van der Waals surface area contributed by atoms with E-state index in [-0.39, 0.29) is 5.97 Å². The first-order valence-corrected chi connectivity index (χ1v) is 8.02. The first-order valence-electron chi connectivity index (χ1n) is 8.02. The Morgan fingerprint density at radius 1 is 1.04 bits per heavy atom. The topological polar surface area (TPSA) is 57.7 Å². The van der Waals surface area contributed by atoms with Gasteiger partial charge >= 0.3 is 5.97 Å². The number of fused-ring (bicyclic) bond motifs is 1. The quantitative estimate of drug-likeness (QED) is 0.636. The van der Waals surface area contributed by atoms with Crippen LogP contribution in [0.2, 0.25) is 0 Å². The third-order valence-corrected chi connectivity index (χ3v) is 3.73. The standard InChI is InChI=1S/C20H19NO4/c1-3-24-20(22)16-10-15-6-9-18(11-19(15)21-12-16)25-13-14-4-7-17(23-2)8-5-14/h4-12H,3,13H2,1-2H3. The van der Waals surface area contributed by atoms with E-state index in [1.807, 2.05) is 42.5 Å². The molecule has 0 saturated heterocycles. The molecule has 0 aliphatic rings. The maximum Gasteiger partial charge on any atom is 0.339 e. The monoisotopic (exact) mass is 337 g/mol. The second-order valence-electron chi connectivity index (χ2n) is 5.44. The summed E-state index contributed by atoms with van der Waals surface area (Å²) < 4.78 is 15.9. The SMILES string of the molecule is CCOC(=O)c1cnc2cc(OCc3ccc(OC)cc3)ccc2c1. The largest absolute Gasteiger partial charge is 0.497 e. The number of ether oxygens (including phenoxy) is 3. The zero-order valence-electron chi connectivity index (χ0n) is 14.2. The Kier molecular flexibility index (Phi) is 5.14. The number of carbonyl (C=O) groups excluding carboxylic acids is 1. The number of methoxy groups -OCH3 is 1. The maximum absolute atomic E-state index is 11.8. The summed E-state index contributed by atoms with van der Waals surface area (Å²) in [5.74, 6) is 1.17. The van der Waals surface area contributed by atoms with Gasteiger partial charge in [-0.15, -0.1) is 0 Å². The molecule has 0 unspecified atom stereocenters. The van der Waals surface area contributed by atoms with E-state index in [0.29, 0.717) is 18.8 Å². The average molecular weight is 337 g/mol. The molecule has 0 bridgehead atoms. The molecule has 1 aromatic heterocycles. The van der Waals surface area contributed by atoms with Crippen LogP contribution in [0.3, 0.4) is 0 Å². The van der Waals surface area contributed by atoms with Crippen LogP contribution in [-0.4, -0.2) is 24.7 Å². The Hall–Kier alpha value is -3.08. The Morgan fingerprint density at radius 3 is 2.52 bits per heavy atom. The second kappa shape index (κ2) is 7.66. The highest BCUT2D eigenvalue weighted by Gasteiger charge is 2.08. The van der Waals surface area contributed by atoms with Crippen LogP contribution in [0.4, 0.5) is 0 Å². The van der Waals surface area contributed by atoms with E-state index in [9.17, 15) is 4.79 Å². The van der Waals surface area contributed by atoms with E-state index in [0.717, 1.165) is 28.0 Å². The fraction of sp³-hybridized carbons (Fsp3) is 0.200. The molecule has 3 aromatic rings. The molecule has 1 heterocycles. The third kappa shape index (κ3) is 4.07. The summed E-state index contributed by atoms with van der Waals surface area (Å²) in [5, 5.41) is 0.863. The highest BCUT2D eigenvalue weighted by atomic mass is 16.5. The molecule has 3 rings (SSSR count). The van der Waals surface area contributed by atoms with Crippen molar-refractivity contribution < 1.29 is 19.0 Å². The zero-order valence-corrected chi connectivity index (χ0v) is 14.2. The highest BCUT2D eigenvalue weighted by Crippen LogP contribution is 2.22. The van der Waals surface area contributed by atoms with Gasteiger partial charge in [0.15, 0.2) is 0 Å². The van der Waals surface area contributed by atoms with E-state index in [1.165, 1.54) is 6.20 Å². The summed E-state index contributed by atoms with van der Waals surface area (Å²) in [4.78, 5) is 16.1. The Balaban J connectivity index is 1.72. The van der Waals surface area contributed by atoms with Crippen LogP contribution in [-0.2, 0) is 11.3 Å². The van der Waals surface area contributed by atoms with Gasteiger partial charge in [0.1, 0.15) is 18.1 Å². The molecule has 0 saturated carbocycles. The first kappa shape index (κ1) is 16.8. The number of benzene rings is 2. The zero-order chi connectivity index (χ0) is 17.6. The Labute approximate surface area is 146 Å². The lowest BCUT2D eigenvalue weighted by atomic mass is 10.1. The van der Waals surface area contributed by atoms with Gasteiger partial charge in [0, 0.05) is 17.6 Å². The van der Waals surface area contributed by atoms with E-state index in [1.54, 1.807) is 20.1 Å². The van der Waals surface area contributed by atoms with Gasteiger partial charge in [0.05, 0.1) is 24.8 Å². The molecule has 128 valence electrons. The van der Waals surface area contributed by atoms with Crippen LogP contribution in [0.25, 0.3) is 10.9 Å². The fourth-order valence-corrected chi connectivity index (χ4v) is 2.41. The number of aromatic nitrogens is 1. The van der Waals surface area contributed by atoms with E-state index in [2.05, 4.69) is 4.98 Å². The minimum atomic E-state index is -0.364. The van der Waals surface area contributed by atoms with Gasteiger partial charge in [0.25, 0.3) is 0 Å². The summed E-state index contributed by atoms with van der Waals surface area (Å²) in [6.45, 7) is 2.57. The van der Waals surface area contributed by atoms with Crippen molar-refractivity contribution in [2.75, 3.05) is 13.7 Å². The smallest absolute Gasteiger partial charge is 0.339 e. The van der Waals surface area contributed by atoms with Gasteiger partial charge < -0.3 is 14.2 Å². The molecule has 0 atom stereocenters. The molecule has 0 spiro atoms. The lowest BCUT2D eigenvalue weighted by Crippen LogP contribution is -2.05. The molecular weight excluding hydrogens is 318 g/mol. The van der Waals surface area contributed by atoms with Crippen molar-refractivity contribution in [2.24, 2.45) is 0 Å². The van der Waals surface area contributed by atoms with Crippen LogP contribution in [0.15, 0.2) is 54.7 Å². The highest BCUT2D eigenvalue weighted by molar-refractivity contribution is 5.93. The van der Waals surface area contributed by atoms with E-state index < -0.39 is 0 Å². The predicted octanol–water partition coefficient (Wildman–Crippen LogP) is 4.00. The molecule has 0 N–H and O–H groups in total. The predicted molar refractivity (Wildman–Crippen MR) is 95.0 cm³/mol. The molecule has 5 heteroatoms. The summed E-state index contributed by atoms with van der Waals surface area (Å²) in [7, 11) is 1.64. The molecule has 0 amide bonds. The van der Waals surface area contributed by atoms with Crippen LogP contribution < -0.4 is 9.47 Å². The number of hydrogen-bond acceptors (Lipinski definition) is 5. The molecule has 25 heavy (non-hydrogen) atoms. The van der Waals surface area contributed by atoms with E-state index in [4.69, 9.17) is 14.2 Å². The first-order chi connectivity index (χ1) is 12.2. The molecule has 2 aromatic carbocycles. The van der Waals surface area contributed by atoms with Gasteiger partial charge in [-0.05, 0) is 42.8 Å². The van der Waals surface area contributed by atoms with Gasteiger partial charge in [0.2, 0.25) is 0 Å². The van der Waals surface area contributed by atoms with Crippen LogP contribution in [0.5, 0.6) is 11.5 Å². The fourth-order valence-electron chi connectivity index (χ4n) is 2.41. The minimum Gasteiger partial charge on any atom is -0.497 e. The number of rotatable bonds is 6. The summed E-state index contributed by atoms with van der Waals surface area (Å²) in [5.41, 5.74) is 2.26. The average Bonchev–Trinajstić information content (AvgIpc) is 2.66. The van der Waals surface area contributed by atoms with Crippen molar-refractivity contribution in [1.82, 2.24) is 4.98 Å². The molecule has 0 radical (unpaired) electrons. The molecule has 0 aliphatic carbocycles. The van der Waals surface area contributed by atoms with Crippen molar-refractivity contribution in [1.29, 1.82) is 0 Å². The number of carbonyl (C=O) groups is 1. The van der Waals surface area contributed by atoms with Crippen molar-refractivity contribution in [3.63, 3.8) is 0 Å². The van der Waals surface area contributed by atoms with Crippen molar-refractivity contribution in [3.8, 4) is 11.5 Å². The number of hydrogen-bond donors (Lipinski definition) is 0. The maximum atomic E-state index is 11.8. The van der Waals surface area contributed by atoms with Crippen molar-refractivity contribution >= 4 is 16.9 Å². The van der Waals surface area contributed by atoms with Gasteiger partial charge in [-0.1, -0.05) is 12.1 Å². The van der Waals surface area contributed by atoms with E-state index >= 15 is 0 Å². The summed E-state index contributed by atoms with van der Waals surface area (Å²) in [6.07, 6.45) is 1.52. The third-order valence-electron chi connectivity index (χ3n) is 3.73. The minimum absolute atomic E-state index is 0.342. The van der Waals surface area contributed by atoms with Crippen molar-refractivity contribution in [3.05, 3.63) is 65.9 Å². The normalized spacial score (nSPS) is 10.5. The van der Waals surface area contributed by atoms with Crippen LogP contribution in [0.1, 0.15) is 22.8 Å².